The quantitative estimate of drug-likeness (QED) is 0.0825. The second-order valence-electron chi connectivity index (χ2n) is 8.75. The van der Waals surface area contributed by atoms with Gasteiger partial charge < -0.3 is 34.9 Å². The van der Waals surface area contributed by atoms with Crippen LogP contribution in [0.25, 0.3) is 11.2 Å². The first-order chi connectivity index (χ1) is 20.4. The maximum Gasteiger partial charge on any atom is 0.573 e. The number of thioether (sulfide) groups is 1. The highest BCUT2D eigenvalue weighted by molar-refractivity contribution is 8.00. The number of carbonyl (C=O) groups is 1. The molecule has 1 aliphatic heterocycles. The minimum atomic E-state index is -4.91. The number of aromatic nitrogens is 8. The number of ether oxygens (including phenoxy) is 4. The SMILES string of the molecule is CCOC(=O)C(OC[C@H]1O[C@@H](n2cnc3c(N)nc(Cl)nc32)[C@H](O)[C@@H]1O)(Sc1ccc(OC(F)(F)F)cc1)c1nn[nH]n1. The number of tetrazole rings is 1. The van der Waals surface area contributed by atoms with Gasteiger partial charge in [-0.2, -0.15) is 15.2 Å². The minimum Gasteiger partial charge on any atom is -0.463 e. The fourth-order valence-corrected chi connectivity index (χ4v) is 5.35. The number of nitrogen functional groups attached to an aromatic ring is 1. The summed E-state index contributed by atoms with van der Waals surface area (Å²) >= 11 is 6.60. The number of alkyl halides is 3. The van der Waals surface area contributed by atoms with E-state index in [1.165, 1.54) is 30.0 Å². The lowest BCUT2D eigenvalue weighted by Crippen LogP contribution is -2.42. The van der Waals surface area contributed by atoms with Gasteiger partial charge in [-0.3, -0.25) is 4.57 Å². The summed E-state index contributed by atoms with van der Waals surface area (Å²) in [6, 6.07) is 4.55. The van der Waals surface area contributed by atoms with Crippen molar-refractivity contribution in [2.45, 2.75) is 47.7 Å². The van der Waals surface area contributed by atoms with Gasteiger partial charge in [0, 0.05) is 4.90 Å². The number of carbonyl (C=O) groups excluding carboxylic acids is 1. The van der Waals surface area contributed by atoms with E-state index in [-0.39, 0.29) is 39.6 Å². The van der Waals surface area contributed by atoms with Gasteiger partial charge in [0.2, 0.25) is 11.1 Å². The summed E-state index contributed by atoms with van der Waals surface area (Å²) in [6.45, 7) is 0.899. The summed E-state index contributed by atoms with van der Waals surface area (Å²) in [7, 11) is 0. The molecule has 0 saturated carbocycles. The van der Waals surface area contributed by atoms with Gasteiger partial charge in [-0.15, -0.1) is 23.4 Å². The van der Waals surface area contributed by atoms with Crippen molar-refractivity contribution in [3.05, 3.63) is 41.7 Å². The molecule has 5 atom stereocenters. The second-order valence-corrected chi connectivity index (χ2v) is 10.3. The van der Waals surface area contributed by atoms with E-state index in [0.717, 1.165) is 12.1 Å². The zero-order valence-electron chi connectivity index (χ0n) is 21.7. The Kier molecular flexibility index (Phi) is 8.58. The van der Waals surface area contributed by atoms with E-state index in [0.29, 0.717) is 11.8 Å². The van der Waals surface area contributed by atoms with Crippen LogP contribution in [0, 0.1) is 0 Å². The number of hydrogen-bond donors (Lipinski definition) is 4. The predicted octanol–water partition coefficient (Wildman–Crippen LogP) is 1.32. The molecule has 1 fully saturated rings. The lowest BCUT2D eigenvalue weighted by molar-refractivity contribution is -0.274. The van der Waals surface area contributed by atoms with Crippen LogP contribution in [0.4, 0.5) is 19.0 Å². The predicted molar refractivity (Wildman–Crippen MR) is 138 cm³/mol. The Bertz CT molecular complexity index is 1580. The van der Waals surface area contributed by atoms with Crippen LogP contribution in [0.1, 0.15) is 19.0 Å². The standard InChI is InChI=1S/C22H21ClF3N9O7S/c1-2-39-19(38)21(18-31-33-34-32-18,43-10-5-3-9(4-6-10)42-22(24,25)26)40-7-11-13(36)14(37)17(41-11)35-8-28-12-15(27)29-20(23)30-16(12)35/h3-6,8,11,13-14,17,36-37H,2,7H2,1H3,(H2,27,29,30)(H,31,32,33,34)/t11-,13-,14-,17-,21?/m1/s1. The maximum absolute atomic E-state index is 13.4. The number of imidazole rings is 1. The number of benzene rings is 1. The molecule has 1 aliphatic rings. The van der Waals surface area contributed by atoms with Gasteiger partial charge in [0.05, 0.1) is 19.5 Å². The Morgan fingerprint density at radius 2 is 1.98 bits per heavy atom. The highest BCUT2D eigenvalue weighted by atomic mass is 35.5. The number of H-pyrrole nitrogens is 1. The van der Waals surface area contributed by atoms with Gasteiger partial charge >= 0.3 is 12.3 Å². The second kappa shape index (κ2) is 12.1. The molecule has 16 nitrogen and oxygen atoms in total. The molecule has 0 bridgehead atoms. The number of aromatic amines is 1. The summed E-state index contributed by atoms with van der Waals surface area (Å²) in [6.07, 6.45) is -9.22. The van der Waals surface area contributed by atoms with Crippen LogP contribution in [0.2, 0.25) is 5.28 Å². The third-order valence-corrected chi connectivity index (χ3v) is 7.42. The molecule has 0 radical (unpaired) electrons. The Labute approximate surface area is 247 Å². The number of nitrogens with zero attached hydrogens (tertiary/aromatic N) is 7. The van der Waals surface area contributed by atoms with Crippen molar-refractivity contribution in [3.63, 3.8) is 0 Å². The van der Waals surface area contributed by atoms with Crippen molar-refractivity contribution < 1.29 is 47.1 Å². The lowest BCUT2D eigenvalue weighted by Gasteiger charge is -2.29. The largest absolute Gasteiger partial charge is 0.573 e. The number of rotatable bonds is 10. The van der Waals surface area contributed by atoms with Crippen LogP contribution >= 0.6 is 23.4 Å². The van der Waals surface area contributed by atoms with Gasteiger partial charge in [-0.05, 0) is 42.8 Å². The Balaban J connectivity index is 1.42. The number of halogens is 4. The van der Waals surface area contributed by atoms with E-state index >= 15 is 0 Å². The summed E-state index contributed by atoms with van der Waals surface area (Å²) in [4.78, 5) is 23.4. The van der Waals surface area contributed by atoms with E-state index in [2.05, 4.69) is 40.3 Å². The molecule has 0 spiro atoms. The highest BCUT2D eigenvalue weighted by Crippen LogP contribution is 2.44. The molecule has 5 N–H and O–H groups in total. The van der Waals surface area contributed by atoms with Crippen molar-refractivity contribution in [1.29, 1.82) is 0 Å². The van der Waals surface area contributed by atoms with Crippen LogP contribution in [-0.4, -0.2) is 94.2 Å². The van der Waals surface area contributed by atoms with Crippen LogP contribution in [0.3, 0.4) is 0 Å². The third-order valence-electron chi connectivity index (χ3n) is 5.99. The third kappa shape index (κ3) is 6.28. The Hall–Kier alpha value is -3.82. The first-order valence-electron chi connectivity index (χ1n) is 12.2. The van der Waals surface area contributed by atoms with Gasteiger partial charge in [-0.25, -0.2) is 9.78 Å². The first kappa shape index (κ1) is 30.6. The number of aliphatic hydroxyl groups is 2. The summed E-state index contributed by atoms with van der Waals surface area (Å²) in [5, 5.41) is 34.9. The average Bonchev–Trinajstić information content (AvgIpc) is 3.68. The van der Waals surface area contributed by atoms with Crippen LogP contribution in [0.5, 0.6) is 5.75 Å². The van der Waals surface area contributed by atoms with Crippen molar-refractivity contribution in [1.82, 2.24) is 40.1 Å². The first-order valence-corrected chi connectivity index (χ1v) is 13.4. The molecule has 0 amide bonds. The molecule has 4 heterocycles. The molecule has 1 aromatic carbocycles. The topological polar surface area (TPSA) is 219 Å². The number of esters is 1. The van der Waals surface area contributed by atoms with E-state index < -0.39 is 54.2 Å². The van der Waals surface area contributed by atoms with Gasteiger partial charge in [-0.1, -0.05) is 17.0 Å². The molecule has 230 valence electrons. The molecule has 5 rings (SSSR count). The smallest absolute Gasteiger partial charge is 0.463 e. The van der Waals surface area contributed by atoms with Crippen LogP contribution < -0.4 is 10.5 Å². The van der Waals surface area contributed by atoms with E-state index in [1.54, 1.807) is 0 Å². The Morgan fingerprint density at radius 3 is 2.63 bits per heavy atom. The van der Waals surface area contributed by atoms with Crippen LogP contribution in [0.15, 0.2) is 35.5 Å². The van der Waals surface area contributed by atoms with E-state index in [1.807, 2.05) is 0 Å². The molecular formula is C22H21ClF3N9O7S. The number of anilines is 1. The zero-order valence-corrected chi connectivity index (χ0v) is 23.2. The van der Waals surface area contributed by atoms with Crippen molar-refractivity contribution in [2.75, 3.05) is 18.9 Å². The van der Waals surface area contributed by atoms with E-state index in [9.17, 15) is 28.2 Å². The summed E-state index contributed by atoms with van der Waals surface area (Å²) in [5.74, 6) is -1.82. The molecular weight excluding hydrogens is 627 g/mol. The number of fused-ring (bicyclic) bond motifs is 1. The zero-order chi connectivity index (χ0) is 30.9. The van der Waals surface area contributed by atoms with Gasteiger partial charge in [0.25, 0.3) is 4.93 Å². The van der Waals surface area contributed by atoms with Crippen LogP contribution in [-0.2, 0) is 23.9 Å². The maximum atomic E-state index is 13.4. The number of nitrogens with two attached hydrogens (primary N) is 1. The molecule has 0 aliphatic carbocycles. The van der Waals surface area contributed by atoms with Crippen molar-refractivity contribution in [3.8, 4) is 5.75 Å². The average molecular weight is 648 g/mol. The van der Waals surface area contributed by atoms with Crippen molar-refractivity contribution >= 4 is 46.3 Å². The van der Waals surface area contributed by atoms with Crippen molar-refractivity contribution in [2.24, 2.45) is 0 Å². The number of hydrogen-bond acceptors (Lipinski definition) is 15. The van der Waals surface area contributed by atoms with Gasteiger partial charge in [0.1, 0.15) is 29.6 Å². The Morgan fingerprint density at radius 1 is 1.23 bits per heavy atom. The normalized spacial score (nSPS) is 22.0. The monoisotopic (exact) mass is 647 g/mol. The number of aliphatic hydroxyl groups excluding tert-OH is 2. The number of nitrogens with one attached hydrogen (secondary N) is 1. The highest BCUT2D eigenvalue weighted by Gasteiger charge is 2.52. The van der Waals surface area contributed by atoms with E-state index in [4.69, 9.17) is 31.5 Å². The lowest BCUT2D eigenvalue weighted by atomic mass is 10.1. The fourth-order valence-electron chi connectivity index (χ4n) is 4.13. The summed E-state index contributed by atoms with van der Waals surface area (Å²) in [5.41, 5.74) is 6.14. The molecule has 1 unspecified atom stereocenters. The molecule has 1 saturated heterocycles. The molecule has 21 heteroatoms. The van der Waals surface area contributed by atoms with Gasteiger partial charge in [0.15, 0.2) is 17.7 Å². The molecule has 3 aromatic heterocycles. The molecule has 43 heavy (non-hydrogen) atoms. The molecule has 4 aromatic rings. The minimum absolute atomic E-state index is 0.0176. The summed E-state index contributed by atoms with van der Waals surface area (Å²) < 4.78 is 60.2. The fraction of sp³-hybridized carbons (Fsp3) is 0.409.